The van der Waals surface area contributed by atoms with Gasteiger partial charge in [0.1, 0.15) is 0 Å². The van der Waals surface area contributed by atoms with Crippen molar-refractivity contribution in [3.05, 3.63) is 202 Å². The number of para-hydroxylation sites is 2. The molecule has 0 fully saturated rings. The number of hydrogen-bond donors (Lipinski definition) is 0. The van der Waals surface area contributed by atoms with E-state index in [4.69, 9.17) is 0 Å². The van der Waals surface area contributed by atoms with Gasteiger partial charge in [-0.15, -0.1) is 0 Å². The second-order valence-corrected chi connectivity index (χ2v) is 29.4. The molecule has 0 aromatic heterocycles. The van der Waals surface area contributed by atoms with E-state index in [1.165, 1.54) is 113 Å². The third kappa shape index (κ3) is 7.37. The van der Waals surface area contributed by atoms with E-state index in [0.29, 0.717) is 0 Å². The predicted molar refractivity (Wildman–Crippen MR) is 339 cm³/mol. The number of fused-ring (bicyclic) bond motifs is 10. The summed E-state index contributed by atoms with van der Waals surface area (Å²) >= 11 is 0. The summed E-state index contributed by atoms with van der Waals surface area (Å²) in [5, 5.41) is 0. The van der Waals surface area contributed by atoms with Gasteiger partial charge >= 0.3 is 0 Å². The largest absolute Gasteiger partial charge is 0.311 e. The number of hydrogen-bond acceptors (Lipinski definition) is 3. The maximum Gasteiger partial charge on any atom is 0.252 e. The predicted octanol–water partition coefficient (Wildman–Crippen LogP) is 18.6. The Balaban J connectivity index is 1.16. The summed E-state index contributed by atoms with van der Waals surface area (Å²) in [5.41, 5.74) is 29.7. The Morgan fingerprint density at radius 3 is 1.18 bits per heavy atom. The Kier molecular flexibility index (Phi) is 10.6. The first-order chi connectivity index (χ1) is 37.4. The van der Waals surface area contributed by atoms with Gasteiger partial charge in [0.2, 0.25) is 0 Å². The summed E-state index contributed by atoms with van der Waals surface area (Å²) in [7, 11) is 0. The summed E-state index contributed by atoms with van der Waals surface area (Å²) in [6.07, 6.45) is 6.97. The van der Waals surface area contributed by atoms with Gasteiger partial charge in [-0.3, -0.25) is 0 Å². The van der Waals surface area contributed by atoms with Gasteiger partial charge in [0.15, 0.2) is 0 Å². The van der Waals surface area contributed by atoms with Crippen LogP contribution in [0.25, 0.3) is 11.1 Å². The van der Waals surface area contributed by atoms with Gasteiger partial charge in [-0.2, -0.15) is 0 Å². The normalized spacial score (nSPS) is 20.1. The highest BCUT2D eigenvalue weighted by Crippen LogP contribution is 2.57. The first-order valence-electron chi connectivity index (χ1n) is 29.8. The minimum atomic E-state index is -0.112. The fraction of sp³-hybridized carbons (Fsp3) is 0.360. The zero-order valence-corrected chi connectivity index (χ0v) is 49.7. The fourth-order valence-corrected chi connectivity index (χ4v) is 16.0. The molecule has 0 saturated carbocycles. The van der Waals surface area contributed by atoms with Gasteiger partial charge in [-0.05, 0) is 216 Å². The van der Waals surface area contributed by atoms with Crippen LogP contribution in [0.15, 0.2) is 158 Å². The van der Waals surface area contributed by atoms with E-state index in [1.807, 2.05) is 0 Å². The van der Waals surface area contributed by atoms with Crippen molar-refractivity contribution in [2.45, 2.75) is 173 Å². The first kappa shape index (κ1) is 50.4. The lowest BCUT2D eigenvalue weighted by atomic mass is 9.32. The Morgan fingerprint density at radius 2 is 0.696 bits per heavy atom. The molecule has 14 rings (SSSR count). The molecule has 3 nitrogen and oxygen atoms in total. The molecule has 0 unspecified atom stereocenters. The third-order valence-corrected chi connectivity index (χ3v) is 21.2. The lowest BCUT2D eigenvalue weighted by Gasteiger charge is -2.49. The van der Waals surface area contributed by atoms with Crippen molar-refractivity contribution in [3.63, 3.8) is 0 Å². The van der Waals surface area contributed by atoms with Crippen molar-refractivity contribution in [1.29, 1.82) is 0 Å². The second-order valence-electron chi connectivity index (χ2n) is 29.4. The highest BCUT2D eigenvalue weighted by atomic mass is 15.2. The number of nitrogens with zero attached hydrogens (tertiary/aromatic N) is 3. The molecular formula is C75H80BN3. The summed E-state index contributed by atoms with van der Waals surface area (Å²) in [6.45, 7) is 34.8. The quantitative estimate of drug-likeness (QED) is 0.159. The number of anilines is 9. The fourth-order valence-electron chi connectivity index (χ4n) is 16.0. The molecule has 398 valence electrons. The summed E-state index contributed by atoms with van der Waals surface area (Å²) in [6, 6.07) is 62.4. The zero-order valence-electron chi connectivity index (χ0n) is 49.7. The van der Waals surface area contributed by atoms with Gasteiger partial charge in [0.05, 0.1) is 5.69 Å². The summed E-state index contributed by atoms with van der Waals surface area (Å²) in [4.78, 5) is 7.97. The van der Waals surface area contributed by atoms with E-state index < -0.39 is 0 Å². The Hall–Kier alpha value is -6.78. The molecule has 8 aromatic rings. The van der Waals surface area contributed by atoms with E-state index >= 15 is 0 Å². The zero-order chi connectivity index (χ0) is 55.1. The minimum absolute atomic E-state index is 0.00188. The maximum atomic E-state index is 2.74. The monoisotopic (exact) mass is 1030 g/mol. The van der Waals surface area contributed by atoms with Crippen molar-refractivity contribution in [3.8, 4) is 11.1 Å². The molecule has 79 heavy (non-hydrogen) atoms. The van der Waals surface area contributed by atoms with Crippen molar-refractivity contribution < 1.29 is 0 Å². The maximum absolute atomic E-state index is 2.74. The van der Waals surface area contributed by atoms with Crippen LogP contribution >= 0.6 is 0 Å². The lowest BCUT2D eigenvalue weighted by molar-refractivity contribution is 0.332. The molecule has 4 heteroatoms. The third-order valence-electron chi connectivity index (χ3n) is 21.2. The minimum Gasteiger partial charge on any atom is -0.311 e. The lowest BCUT2D eigenvalue weighted by Crippen LogP contribution is -2.62. The number of benzene rings is 8. The van der Waals surface area contributed by atoms with Gasteiger partial charge in [-0.25, -0.2) is 0 Å². The molecule has 0 radical (unpaired) electrons. The van der Waals surface area contributed by atoms with Crippen LogP contribution < -0.4 is 31.1 Å². The van der Waals surface area contributed by atoms with Gasteiger partial charge in [-0.1, -0.05) is 182 Å². The van der Waals surface area contributed by atoms with Gasteiger partial charge < -0.3 is 14.7 Å². The van der Waals surface area contributed by atoms with Crippen molar-refractivity contribution >= 4 is 74.3 Å². The standard InChI is InChI=1S/C75H80BN3/c1-69(2)33-34-70(3,4)57-40-50(30-32-56(57)69)79-65-46-61-59(72(7,8)36-38-74(61,11)12)44-63(65)76-62-43-58-60(73(9,10)37-35-71(58,5)6)45-64(62)78(49-29-31-55-53(39-49)52-27-21-22-28-54(52)75(55,13)14)66-41-51(42-67(79)68(66)76)77(47-23-17-15-18-24-47)48-25-19-16-20-26-48/h15-32,39-46H,33-38H2,1-14H3. The van der Waals surface area contributed by atoms with E-state index in [1.54, 1.807) is 0 Å². The van der Waals surface area contributed by atoms with Crippen LogP contribution in [0, 0.1) is 0 Å². The van der Waals surface area contributed by atoms with Crippen LogP contribution in [0.3, 0.4) is 0 Å². The molecular weight excluding hydrogens is 954 g/mol. The summed E-state index contributed by atoms with van der Waals surface area (Å²) in [5.74, 6) is 0. The molecule has 0 atom stereocenters. The second kappa shape index (κ2) is 16.7. The van der Waals surface area contributed by atoms with Crippen molar-refractivity contribution in [2.24, 2.45) is 0 Å². The molecule has 0 N–H and O–H groups in total. The van der Waals surface area contributed by atoms with Crippen molar-refractivity contribution in [2.75, 3.05) is 14.7 Å². The first-order valence-corrected chi connectivity index (χ1v) is 29.8. The van der Waals surface area contributed by atoms with Gasteiger partial charge in [0.25, 0.3) is 6.71 Å². The van der Waals surface area contributed by atoms with Crippen LogP contribution in [0.4, 0.5) is 51.2 Å². The van der Waals surface area contributed by atoms with Crippen LogP contribution in [0.1, 0.15) is 180 Å². The van der Waals surface area contributed by atoms with Crippen LogP contribution in [-0.2, 0) is 37.9 Å². The van der Waals surface area contributed by atoms with Gasteiger partial charge in [0, 0.05) is 50.9 Å². The average Bonchev–Trinajstić information content (AvgIpc) is 3.16. The van der Waals surface area contributed by atoms with Crippen LogP contribution in [0.5, 0.6) is 0 Å². The average molecular weight is 1030 g/mol. The van der Waals surface area contributed by atoms with E-state index in [2.05, 4.69) is 269 Å². The van der Waals surface area contributed by atoms with E-state index in [-0.39, 0.29) is 44.6 Å². The highest BCUT2D eigenvalue weighted by Gasteiger charge is 2.50. The molecule has 6 aliphatic rings. The SMILES string of the molecule is CC1(C)CCC(C)(C)c2cc(N3c4cc5c(cc4B4c6cc7c(cc6N(c6ccc8c(c6)-c6ccccc6C8(C)C)c6cc(N(c8ccccc8)c8ccccc8)cc3c64)C(C)(C)CCC7(C)C)C(C)(C)CCC5(C)C)ccc21. The number of rotatable bonds is 5. The molecule has 0 saturated heterocycles. The Labute approximate surface area is 473 Å². The topological polar surface area (TPSA) is 9.72 Å². The molecule has 2 heterocycles. The van der Waals surface area contributed by atoms with Crippen LogP contribution in [0.2, 0.25) is 0 Å². The van der Waals surface area contributed by atoms with E-state index in [0.717, 1.165) is 49.2 Å². The molecule has 0 bridgehead atoms. The summed E-state index contributed by atoms with van der Waals surface area (Å²) < 4.78 is 0. The molecule has 0 amide bonds. The van der Waals surface area contributed by atoms with Crippen LogP contribution in [-0.4, -0.2) is 6.71 Å². The molecule has 0 spiro atoms. The highest BCUT2D eigenvalue weighted by molar-refractivity contribution is 7.00. The molecule has 4 aliphatic carbocycles. The van der Waals surface area contributed by atoms with E-state index in [9.17, 15) is 0 Å². The van der Waals surface area contributed by atoms with Crippen molar-refractivity contribution in [1.82, 2.24) is 0 Å². The molecule has 8 aromatic carbocycles. The smallest absolute Gasteiger partial charge is 0.252 e. The Morgan fingerprint density at radius 1 is 0.316 bits per heavy atom. The molecule has 2 aliphatic heterocycles. The Bertz CT molecular complexity index is 3810.